The second-order valence-corrected chi connectivity index (χ2v) is 4.50. The fraction of sp³-hybridized carbons (Fsp3) is 0.400. The van der Waals surface area contributed by atoms with E-state index >= 15 is 0 Å². The summed E-state index contributed by atoms with van der Waals surface area (Å²) in [5, 5.41) is 8.81. The van der Waals surface area contributed by atoms with Crippen molar-refractivity contribution in [2.75, 3.05) is 18.0 Å². The molecule has 1 saturated heterocycles. The lowest BCUT2D eigenvalue weighted by molar-refractivity contribution is 0.444. The highest BCUT2D eigenvalue weighted by atomic mass is 35.5. The molecule has 0 unspecified atom stereocenters. The van der Waals surface area contributed by atoms with E-state index in [1.54, 1.807) is 12.3 Å². The summed E-state index contributed by atoms with van der Waals surface area (Å²) in [6.07, 6.45) is 1.78. The molecule has 0 bridgehead atoms. The van der Waals surface area contributed by atoms with Gasteiger partial charge in [-0.2, -0.15) is 5.10 Å². The maximum atomic E-state index is 5.81. The van der Waals surface area contributed by atoms with Gasteiger partial charge in [-0.25, -0.2) is 4.98 Å². The summed E-state index contributed by atoms with van der Waals surface area (Å²) in [7, 11) is 0. The van der Waals surface area contributed by atoms with E-state index in [-0.39, 0.29) is 0 Å². The molecule has 0 amide bonds. The molecule has 3 rings (SSSR count). The molecule has 0 atom stereocenters. The molecule has 3 heterocycles. The Morgan fingerprint density at radius 3 is 3.07 bits per heavy atom. The average Bonchev–Trinajstić information content (AvgIpc) is 2.55. The first-order chi connectivity index (χ1) is 7.24. The third-order valence-electron chi connectivity index (χ3n) is 2.76. The predicted molar refractivity (Wildman–Crippen MR) is 60.3 cm³/mol. The summed E-state index contributed by atoms with van der Waals surface area (Å²) >= 11 is 5.81. The minimum Gasteiger partial charge on any atom is -0.354 e. The fourth-order valence-electron chi connectivity index (χ4n) is 1.99. The van der Waals surface area contributed by atoms with Crippen molar-refractivity contribution in [1.82, 2.24) is 15.2 Å². The van der Waals surface area contributed by atoms with Gasteiger partial charge in [0.1, 0.15) is 5.15 Å². The van der Waals surface area contributed by atoms with Crippen molar-refractivity contribution in [3.8, 4) is 0 Å². The Bertz CT molecular complexity index is 501. The Labute approximate surface area is 92.2 Å². The number of H-pyrrole nitrogens is 1. The molecule has 15 heavy (non-hydrogen) atoms. The molecule has 0 aliphatic carbocycles. The van der Waals surface area contributed by atoms with Crippen molar-refractivity contribution in [2.24, 2.45) is 5.92 Å². The molecule has 0 aromatic carbocycles. The summed E-state index contributed by atoms with van der Waals surface area (Å²) in [5.41, 5.74) is 0.949. The molecule has 4 nitrogen and oxygen atoms in total. The maximum absolute atomic E-state index is 5.81. The van der Waals surface area contributed by atoms with E-state index in [4.69, 9.17) is 11.6 Å². The van der Waals surface area contributed by atoms with Crippen LogP contribution in [0.25, 0.3) is 10.9 Å². The van der Waals surface area contributed by atoms with Crippen molar-refractivity contribution >= 4 is 28.3 Å². The smallest absolute Gasteiger partial charge is 0.159 e. The summed E-state index contributed by atoms with van der Waals surface area (Å²) in [6.45, 7) is 4.38. The van der Waals surface area contributed by atoms with Crippen molar-refractivity contribution in [2.45, 2.75) is 6.92 Å². The Morgan fingerprint density at radius 1 is 1.53 bits per heavy atom. The average molecular weight is 223 g/mol. The van der Waals surface area contributed by atoms with E-state index in [0.29, 0.717) is 5.15 Å². The standard InChI is InChI=1S/C10H11ClN4/c1-6-4-15(5-6)10-7-3-12-9(11)2-8(7)13-14-10/h2-3,6H,4-5H2,1H3,(H,13,14). The topological polar surface area (TPSA) is 44.8 Å². The van der Waals surface area contributed by atoms with Crippen LogP contribution < -0.4 is 4.90 Å². The number of rotatable bonds is 1. The Balaban J connectivity index is 2.05. The molecule has 1 fully saturated rings. The molecule has 2 aromatic heterocycles. The molecule has 0 saturated carbocycles. The predicted octanol–water partition coefficient (Wildman–Crippen LogP) is 2.07. The van der Waals surface area contributed by atoms with Gasteiger partial charge in [-0.1, -0.05) is 18.5 Å². The lowest BCUT2D eigenvalue weighted by Crippen LogP contribution is -2.45. The molecule has 1 N–H and O–H groups in total. The van der Waals surface area contributed by atoms with Gasteiger partial charge in [-0.05, 0) is 5.92 Å². The lowest BCUT2D eigenvalue weighted by Gasteiger charge is -2.37. The van der Waals surface area contributed by atoms with Gasteiger partial charge >= 0.3 is 0 Å². The molecule has 78 valence electrons. The van der Waals surface area contributed by atoms with E-state index in [1.165, 1.54) is 0 Å². The summed E-state index contributed by atoms with van der Waals surface area (Å²) in [5.74, 6) is 1.75. The second-order valence-electron chi connectivity index (χ2n) is 4.11. The highest BCUT2D eigenvalue weighted by molar-refractivity contribution is 6.30. The highest BCUT2D eigenvalue weighted by Crippen LogP contribution is 2.29. The third kappa shape index (κ3) is 1.36. The van der Waals surface area contributed by atoms with E-state index in [0.717, 1.165) is 35.7 Å². The van der Waals surface area contributed by atoms with Crippen LogP contribution in [0.4, 0.5) is 5.82 Å². The molecule has 1 aliphatic heterocycles. The zero-order valence-corrected chi connectivity index (χ0v) is 9.12. The van der Waals surface area contributed by atoms with Gasteiger partial charge in [0, 0.05) is 25.4 Å². The number of fused-ring (bicyclic) bond motifs is 1. The molecular weight excluding hydrogens is 212 g/mol. The number of aromatic amines is 1. The van der Waals surface area contributed by atoms with E-state index in [2.05, 4.69) is 27.0 Å². The highest BCUT2D eigenvalue weighted by Gasteiger charge is 2.26. The Kier molecular flexibility index (Phi) is 1.85. The number of pyridine rings is 1. The maximum Gasteiger partial charge on any atom is 0.159 e. The number of anilines is 1. The van der Waals surface area contributed by atoms with Gasteiger partial charge < -0.3 is 4.90 Å². The van der Waals surface area contributed by atoms with Crippen LogP contribution in [0.15, 0.2) is 12.3 Å². The minimum atomic E-state index is 0.495. The number of halogens is 1. The zero-order valence-electron chi connectivity index (χ0n) is 8.37. The van der Waals surface area contributed by atoms with Crippen LogP contribution in [0.1, 0.15) is 6.92 Å². The molecular formula is C10H11ClN4. The fourth-order valence-corrected chi connectivity index (χ4v) is 2.14. The van der Waals surface area contributed by atoms with Gasteiger partial charge in [0.05, 0.1) is 10.9 Å². The molecule has 0 spiro atoms. The van der Waals surface area contributed by atoms with Gasteiger partial charge in [0.2, 0.25) is 0 Å². The quantitative estimate of drug-likeness (QED) is 0.752. The largest absolute Gasteiger partial charge is 0.354 e. The first-order valence-electron chi connectivity index (χ1n) is 4.98. The van der Waals surface area contributed by atoms with Crippen molar-refractivity contribution in [1.29, 1.82) is 0 Å². The van der Waals surface area contributed by atoms with Gasteiger partial charge in [-0.3, -0.25) is 5.10 Å². The van der Waals surface area contributed by atoms with Gasteiger partial charge in [0.15, 0.2) is 5.82 Å². The first-order valence-corrected chi connectivity index (χ1v) is 5.36. The van der Waals surface area contributed by atoms with Crippen LogP contribution in [0.3, 0.4) is 0 Å². The minimum absolute atomic E-state index is 0.495. The number of hydrogen-bond donors (Lipinski definition) is 1. The lowest BCUT2D eigenvalue weighted by atomic mass is 10.0. The van der Waals surface area contributed by atoms with Crippen LogP contribution in [-0.4, -0.2) is 28.3 Å². The molecule has 5 heteroatoms. The number of nitrogens with one attached hydrogen (secondary N) is 1. The van der Waals surface area contributed by atoms with Gasteiger partial charge in [0.25, 0.3) is 0 Å². The number of hydrogen-bond acceptors (Lipinski definition) is 3. The molecule has 2 aromatic rings. The number of nitrogens with zero attached hydrogens (tertiary/aromatic N) is 3. The molecule has 1 aliphatic rings. The van der Waals surface area contributed by atoms with Crippen LogP contribution in [0, 0.1) is 5.92 Å². The van der Waals surface area contributed by atoms with Crippen LogP contribution in [0.2, 0.25) is 5.15 Å². The van der Waals surface area contributed by atoms with Crippen molar-refractivity contribution in [3.05, 3.63) is 17.4 Å². The van der Waals surface area contributed by atoms with Crippen LogP contribution in [-0.2, 0) is 0 Å². The normalized spacial score (nSPS) is 17.1. The SMILES string of the molecule is CC1CN(c2n[nH]c3cc(Cl)ncc23)C1. The van der Waals surface area contributed by atoms with Gasteiger partial charge in [-0.15, -0.1) is 0 Å². The second kappa shape index (κ2) is 3.10. The Hall–Kier alpha value is -1.29. The van der Waals surface area contributed by atoms with Crippen LogP contribution in [0.5, 0.6) is 0 Å². The molecule has 0 radical (unpaired) electrons. The van der Waals surface area contributed by atoms with E-state index in [9.17, 15) is 0 Å². The zero-order chi connectivity index (χ0) is 10.4. The van der Waals surface area contributed by atoms with E-state index in [1.807, 2.05) is 0 Å². The Morgan fingerprint density at radius 2 is 2.33 bits per heavy atom. The van der Waals surface area contributed by atoms with Crippen molar-refractivity contribution < 1.29 is 0 Å². The third-order valence-corrected chi connectivity index (χ3v) is 2.96. The summed E-state index contributed by atoms with van der Waals surface area (Å²) < 4.78 is 0. The van der Waals surface area contributed by atoms with E-state index < -0.39 is 0 Å². The monoisotopic (exact) mass is 222 g/mol. The van der Waals surface area contributed by atoms with Crippen LogP contribution >= 0.6 is 11.6 Å². The summed E-state index contributed by atoms with van der Waals surface area (Å²) in [6, 6.07) is 1.80. The summed E-state index contributed by atoms with van der Waals surface area (Å²) in [4.78, 5) is 6.33. The number of aromatic nitrogens is 3. The van der Waals surface area contributed by atoms with Crippen molar-refractivity contribution in [3.63, 3.8) is 0 Å². The first kappa shape index (κ1) is 8.97.